The zero-order chi connectivity index (χ0) is 12.3. The third kappa shape index (κ3) is 2.28. The van der Waals surface area contributed by atoms with Gasteiger partial charge in [0.2, 0.25) is 0 Å². The number of rotatable bonds is 3. The molecule has 2 aromatic heterocycles. The highest BCUT2D eigenvalue weighted by Crippen LogP contribution is 2.12. The van der Waals surface area contributed by atoms with Crippen LogP contribution >= 0.6 is 11.3 Å². The Balaban J connectivity index is 2.37. The van der Waals surface area contributed by atoms with E-state index in [1.165, 1.54) is 31.1 Å². The molecule has 2 rings (SSSR count). The summed E-state index contributed by atoms with van der Waals surface area (Å²) in [4.78, 5) is 24.2. The van der Waals surface area contributed by atoms with Gasteiger partial charge in [-0.1, -0.05) is 5.16 Å². The van der Waals surface area contributed by atoms with E-state index in [1.807, 2.05) is 0 Å². The molecule has 0 spiro atoms. The summed E-state index contributed by atoms with van der Waals surface area (Å²) in [7, 11) is 1.34. The molecule has 9 heteroatoms. The lowest BCUT2D eigenvalue weighted by Gasteiger charge is -2.00. The minimum atomic E-state index is -0.491. The maximum Gasteiger partial charge on any atom is 0.303 e. The van der Waals surface area contributed by atoms with Gasteiger partial charge in [-0.25, -0.2) is 9.97 Å². The highest BCUT2D eigenvalue weighted by molar-refractivity contribution is 7.13. The van der Waals surface area contributed by atoms with Crippen molar-refractivity contribution in [2.45, 2.75) is 0 Å². The molecule has 0 radical (unpaired) electrons. The lowest BCUT2D eigenvalue weighted by molar-refractivity contribution is 0.0968. The van der Waals surface area contributed by atoms with Gasteiger partial charge in [-0.3, -0.25) is 4.79 Å². The average molecular weight is 252 g/mol. The van der Waals surface area contributed by atoms with Gasteiger partial charge in [-0.15, -0.1) is 11.3 Å². The van der Waals surface area contributed by atoms with Crippen molar-refractivity contribution in [3.8, 4) is 0 Å². The number of anilines is 1. The van der Waals surface area contributed by atoms with E-state index in [4.69, 9.17) is 5.73 Å². The molecular formula is C8H8N6O2S. The maximum atomic E-state index is 12.0. The Morgan fingerprint density at radius 3 is 3.00 bits per heavy atom. The lowest BCUT2D eigenvalue weighted by atomic mass is 10.3. The lowest BCUT2D eigenvalue weighted by Crippen LogP contribution is -2.24. The van der Waals surface area contributed by atoms with Gasteiger partial charge >= 0.3 is 5.91 Å². The van der Waals surface area contributed by atoms with Crippen LogP contribution in [-0.2, 0) is 4.84 Å². The van der Waals surface area contributed by atoms with Gasteiger partial charge in [-0.2, -0.15) is 9.78 Å². The Morgan fingerprint density at radius 1 is 1.65 bits per heavy atom. The number of hydrogen-bond donors (Lipinski definition) is 1. The number of thiazole rings is 1. The SMILES string of the molecule is CO/N=C(\C(=O)n1cncn1)c1csc(N)n1. The molecular weight excluding hydrogens is 244 g/mol. The summed E-state index contributed by atoms with van der Waals surface area (Å²) < 4.78 is 1.04. The molecule has 0 aliphatic rings. The molecule has 0 unspecified atom stereocenters. The summed E-state index contributed by atoms with van der Waals surface area (Å²) in [5.74, 6) is -0.491. The predicted molar refractivity (Wildman–Crippen MR) is 60.7 cm³/mol. The summed E-state index contributed by atoms with van der Waals surface area (Å²) in [5.41, 5.74) is 5.86. The molecule has 17 heavy (non-hydrogen) atoms. The Bertz CT molecular complexity index is 546. The molecule has 88 valence electrons. The number of nitrogen functional groups attached to an aromatic ring is 1. The molecule has 0 saturated heterocycles. The van der Waals surface area contributed by atoms with Crippen molar-refractivity contribution >= 4 is 28.1 Å². The first kappa shape index (κ1) is 11.2. The van der Waals surface area contributed by atoms with E-state index >= 15 is 0 Å². The topological polar surface area (TPSA) is 108 Å². The second-order valence-electron chi connectivity index (χ2n) is 2.84. The summed E-state index contributed by atoms with van der Waals surface area (Å²) in [6.45, 7) is 0. The summed E-state index contributed by atoms with van der Waals surface area (Å²) in [6, 6.07) is 0. The second kappa shape index (κ2) is 4.70. The largest absolute Gasteiger partial charge is 0.398 e. The molecule has 0 aliphatic carbocycles. The third-order valence-electron chi connectivity index (χ3n) is 1.78. The molecule has 0 bridgehead atoms. The first-order chi connectivity index (χ1) is 8.22. The number of nitrogens with zero attached hydrogens (tertiary/aromatic N) is 5. The van der Waals surface area contributed by atoms with E-state index in [0.717, 1.165) is 4.68 Å². The van der Waals surface area contributed by atoms with Gasteiger partial charge in [-0.05, 0) is 0 Å². The van der Waals surface area contributed by atoms with Gasteiger partial charge < -0.3 is 10.6 Å². The number of oxime groups is 1. The fourth-order valence-electron chi connectivity index (χ4n) is 1.10. The smallest absolute Gasteiger partial charge is 0.303 e. The van der Waals surface area contributed by atoms with Crippen molar-refractivity contribution < 1.29 is 9.63 Å². The van der Waals surface area contributed by atoms with Crippen LogP contribution in [0.15, 0.2) is 23.2 Å². The molecule has 8 nitrogen and oxygen atoms in total. The van der Waals surface area contributed by atoms with Crippen molar-refractivity contribution in [3.05, 3.63) is 23.7 Å². The maximum absolute atomic E-state index is 12.0. The van der Waals surface area contributed by atoms with Crippen LogP contribution in [0.2, 0.25) is 0 Å². The Hall–Kier alpha value is -2.29. The molecule has 0 amide bonds. The Kier molecular flexibility index (Phi) is 3.10. The molecule has 0 fully saturated rings. The van der Waals surface area contributed by atoms with E-state index in [9.17, 15) is 4.79 Å². The van der Waals surface area contributed by atoms with Crippen LogP contribution in [0.1, 0.15) is 10.5 Å². The molecule has 0 aliphatic heterocycles. The minimum Gasteiger partial charge on any atom is -0.398 e. The van der Waals surface area contributed by atoms with Crippen LogP contribution in [0.4, 0.5) is 5.13 Å². The molecule has 2 N–H and O–H groups in total. The van der Waals surface area contributed by atoms with Crippen molar-refractivity contribution in [1.29, 1.82) is 0 Å². The van der Waals surface area contributed by atoms with Crippen molar-refractivity contribution in [2.24, 2.45) is 5.16 Å². The van der Waals surface area contributed by atoms with Crippen LogP contribution in [0.5, 0.6) is 0 Å². The fourth-order valence-corrected chi connectivity index (χ4v) is 1.65. The normalized spacial score (nSPS) is 11.5. The van der Waals surface area contributed by atoms with E-state index < -0.39 is 5.91 Å². The van der Waals surface area contributed by atoms with Crippen LogP contribution < -0.4 is 5.73 Å². The van der Waals surface area contributed by atoms with E-state index in [1.54, 1.807) is 5.38 Å². The molecule has 2 heterocycles. The van der Waals surface area contributed by atoms with Gasteiger partial charge in [0, 0.05) is 5.38 Å². The number of aromatic nitrogens is 4. The summed E-state index contributed by atoms with van der Waals surface area (Å²) >= 11 is 1.21. The Labute approximate surface area is 99.7 Å². The molecule has 0 aromatic carbocycles. The van der Waals surface area contributed by atoms with Crippen molar-refractivity contribution in [3.63, 3.8) is 0 Å². The first-order valence-electron chi connectivity index (χ1n) is 4.44. The van der Waals surface area contributed by atoms with Gasteiger partial charge in [0.15, 0.2) is 10.8 Å². The zero-order valence-corrected chi connectivity index (χ0v) is 9.59. The number of carbonyl (C=O) groups is 1. The fraction of sp³-hybridized carbons (Fsp3) is 0.125. The zero-order valence-electron chi connectivity index (χ0n) is 8.77. The highest BCUT2D eigenvalue weighted by Gasteiger charge is 2.20. The van der Waals surface area contributed by atoms with Crippen LogP contribution in [0.25, 0.3) is 0 Å². The van der Waals surface area contributed by atoms with Gasteiger partial charge in [0.1, 0.15) is 25.5 Å². The minimum absolute atomic E-state index is 0.0194. The molecule has 0 atom stereocenters. The van der Waals surface area contributed by atoms with Gasteiger partial charge in [0.05, 0.1) is 0 Å². The van der Waals surface area contributed by atoms with Crippen LogP contribution in [0.3, 0.4) is 0 Å². The standard InChI is InChI=1S/C8H8N6O2S/c1-16-13-6(5-2-17-8(9)12-5)7(15)14-4-10-3-11-14/h2-4H,1H3,(H2,9,12)/b13-6-. The highest BCUT2D eigenvalue weighted by atomic mass is 32.1. The summed E-state index contributed by atoms with van der Waals surface area (Å²) in [5, 5.41) is 9.30. The second-order valence-corrected chi connectivity index (χ2v) is 3.73. The number of carbonyl (C=O) groups excluding carboxylic acids is 1. The van der Waals surface area contributed by atoms with E-state index in [-0.39, 0.29) is 5.71 Å². The Morgan fingerprint density at radius 2 is 2.47 bits per heavy atom. The quantitative estimate of drug-likeness (QED) is 0.608. The van der Waals surface area contributed by atoms with Crippen LogP contribution in [0, 0.1) is 0 Å². The number of nitrogens with two attached hydrogens (primary N) is 1. The van der Waals surface area contributed by atoms with E-state index in [0.29, 0.717) is 10.8 Å². The molecule has 0 saturated carbocycles. The average Bonchev–Trinajstić information content (AvgIpc) is 2.95. The van der Waals surface area contributed by atoms with Crippen molar-refractivity contribution in [2.75, 3.05) is 12.8 Å². The molecule has 2 aromatic rings. The third-order valence-corrected chi connectivity index (χ3v) is 2.45. The van der Waals surface area contributed by atoms with E-state index in [2.05, 4.69) is 25.1 Å². The predicted octanol–water partition coefficient (Wildman–Crippen LogP) is 0.00770. The number of hydrogen-bond acceptors (Lipinski definition) is 8. The van der Waals surface area contributed by atoms with Crippen molar-refractivity contribution in [1.82, 2.24) is 19.7 Å². The van der Waals surface area contributed by atoms with Gasteiger partial charge in [0.25, 0.3) is 0 Å². The first-order valence-corrected chi connectivity index (χ1v) is 5.32. The monoisotopic (exact) mass is 252 g/mol. The summed E-state index contributed by atoms with van der Waals surface area (Å²) in [6.07, 6.45) is 2.51. The van der Waals surface area contributed by atoms with Crippen LogP contribution in [-0.4, -0.2) is 38.5 Å².